The summed E-state index contributed by atoms with van der Waals surface area (Å²) < 4.78 is 0. The number of carbonyl (C=O) groups is 2. The number of nitrogens with one attached hydrogen (secondary N) is 1. The van der Waals surface area contributed by atoms with Crippen molar-refractivity contribution in [1.82, 2.24) is 9.80 Å². The number of carbonyl (C=O) groups excluding carboxylic acids is 2. The lowest BCUT2D eigenvalue weighted by Gasteiger charge is -2.37. The van der Waals surface area contributed by atoms with Crippen LogP contribution in [0.5, 0.6) is 0 Å². The van der Waals surface area contributed by atoms with Crippen LogP contribution in [0.15, 0.2) is 24.3 Å². The molecule has 5 nitrogen and oxygen atoms in total. The number of rotatable bonds is 4. The Hall–Kier alpha value is -1.59. The van der Waals surface area contributed by atoms with Gasteiger partial charge in [-0.05, 0) is 44.0 Å². The molecular weight excluding hydrogens is 314 g/mol. The molecule has 1 aromatic carbocycles. The van der Waals surface area contributed by atoms with E-state index in [1.165, 1.54) is 0 Å². The van der Waals surface area contributed by atoms with Crippen molar-refractivity contribution in [3.05, 3.63) is 29.3 Å². The summed E-state index contributed by atoms with van der Waals surface area (Å²) >= 11 is 5.85. The number of benzene rings is 1. The first kappa shape index (κ1) is 16.3. The van der Waals surface area contributed by atoms with E-state index in [0.29, 0.717) is 24.0 Å². The van der Waals surface area contributed by atoms with E-state index in [1.807, 2.05) is 11.8 Å². The summed E-state index contributed by atoms with van der Waals surface area (Å²) in [4.78, 5) is 28.5. The summed E-state index contributed by atoms with van der Waals surface area (Å²) in [6, 6.07) is 6.87. The van der Waals surface area contributed by atoms with Crippen LogP contribution in [0.2, 0.25) is 5.02 Å². The van der Waals surface area contributed by atoms with Gasteiger partial charge in [0.15, 0.2) is 0 Å². The summed E-state index contributed by atoms with van der Waals surface area (Å²) in [6.45, 7) is 4.83. The molecule has 2 aliphatic rings. The van der Waals surface area contributed by atoms with Crippen molar-refractivity contribution < 1.29 is 9.59 Å². The molecule has 1 heterocycles. The summed E-state index contributed by atoms with van der Waals surface area (Å²) in [5, 5.41) is 3.55. The van der Waals surface area contributed by atoms with Crippen molar-refractivity contribution in [2.75, 3.05) is 31.5 Å². The molecule has 1 atom stereocenters. The van der Waals surface area contributed by atoms with Crippen LogP contribution in [0, 0.1) is 5.92 Å². The first-order chi connectivity index (χ1) is 11.0. The molecule has 1 aromatic rings. The average molecular weight is 336 g/mol. The molecule has 0 spiro atoms. The van der Waals surface area contributed by atoms with E-state index < -0.39 is 0 Å². The van der Waals surface area contributed by atoms with Gasteiger partial charge in [-0.25, -0.2) is 0 Å². The van der Waals surface area contributed by atoms with Gasteiger partial charge in [-0.15, -0.1) is 0 Å². The lowest BCUT2D eigenvalue weighted by molar-refractivity contribution is -0.135. The highest BCUT2D eigenvalue weighted by Gasteiger charge is 2.35. The molecule has 23 heavy (non-hydrogen) atoms. The minimum Gasteiger partial charge on any atom is -0.340 e. The zero-order chi connectivity index (χ0) is 16.4. The Morgan fingerprint density at radius 1 is 1.13 bits per heavy atom. The maximum absolute atomic E-state index is 12.4. The molecule has 0 unspecified atom stereocenters. The fraction of sp³-hybridized carbons (Fsp3) is 0.529. The summed E-state index contributed by atoms with van der Waals surface area (Å²) in [7, 11) is 0. The Bertz CT molecular complexity index is 578. The fourth-order valence-corrected chi connectivity index (χ4v) is 2.99. The van der Waals surface area contributed by atoms with Gasteiger partial charge in [0.1, 0.15) is 0 Å². The smallest absolute Gasteiger partial charge is 0.241 e. The molecule has 1 aliphatic heterocycles. The zero-order valence-corrected chi connectivity index (χ0v) is 14.1. The van der Waals surface area contributed by atoms with Crippen LogP contribution in [0.4, 0.5) is 5.69 Å². The average Bonchev–Trinajstić information content (AvgIpc) is 3.41. The second kappa shape index (κ2) is 6.89. The molecule has 1 saturated carbocycles. The third-order valence-corrected chi connectivity index (χ3v) is 4.84. The van der Waals surface area contributed by atoms with Gasteiger partial charge in [-0.2, -0.15) is 0 Å². The Morgan fingerprint density at radius 3 is 2.30 bits per heavy atom. The summed E-state index contributed by atoms with van der Waals surface area (Å²) in [5.74, 6) is 0.532. The van der Waals surface area contributed by atoms with Gasteiger partial charge in [0.25, 0.3) is 0 Å². The molecule has 124 valence electrons. The molecule has 2 fully saturated rings. The molecule has 1 saturated heterocycles. The number of hydrogen-bond donors (Lipinski definition) is 1. The van der Waals surface area contributed by atoms with Crippen molar-refractivity contribution >= 4 is 29.1 Å². The number of anilines is 1. The van der Waals surface area contributed by atoms with Gasteiger partial charge in [-0.1, -0.05) is 11.6 Å². The van der Waals surface area contributed by atoms with Gasteiger partial charge in [0.2, 0.25) is 11.8 Å². The Balaban J connectivity index is 1.50. The standard InChI is InChI=1S/C17H22ClN3O2/c1-12(16(22)19-15-6-4-14(18)5-7-15)20-8-10-21(11-9-20)17(23)13-2-3-13/h4-7,12-13H,2-3,8-11H2,1H3,(H,19,22)/t12-/m1/s1. The van der Waals surface area contributed by atoms with Crippen molar-refractivity contribution in [2.24, 2.45) is 5.92 Å². The SMILES string of the molecule is C[C@H](C(=O)Nc1ccc(Cl)cc1)N1CCN(C(=O)C2CC2)CC1. The highest BCUT2D eigenvalue weighted by molar-refractivity contribution is 6.30. The summed E-state index contributed by atoms with van der Waals surface area (Å²) in [5.41, 5.74) is 0.744. The van der Waals surface area contributed by atoms with Crippen LogP contribution in [-0.4, -0.2) is 53.8 Å². The van der Waals surface area contributed by atoms with E-state index in [0.717, 1.165) is 31.6 Å². The van der Waals surface area contributed by atoms with E-state index in [-0.39, 0.29) is 17.9 Å². The van der Waals surface area contributed by atoms with Gasteiger partial charge in [0, 0.05) is 42.8 Å². The molecule has 1 N–H and O–H groups in total. The van der Waals surface area contributed by atoms with Crippen LogP contribution in [-0.2, 0) is 9.59 Å². The van der Waals surface area contributed by atoms with Crippen molar-refractivity contribution in [2.45, 2.75) is 25.8 Å². The zero-order valence-electron chi connectivity index (χ0n) is 13.3. The highest BCUT2D eigenvalue weighted by atomic mass is 35.5. The third kappa shape index (κ3) is 4.03. The maximum Gasteiger partial charge on any atom is 0.241 e. The first-order valence-electron chi connectivity index (χ1n) is 8.14. The normalized spacial score (nSPS) is 20.2. The van der Waals surface area contributed by atoms with Crippen LogP contribution in [0.1, 0.15) is 19.8 Å². The third-order valence-electron chi connectivity index (χ3n) is 4.59. The van der Waals surface area contributed by atoms with E-state index in [9.17, 15) is 9.59 Å². The molecule has 0 aromatic heterocycles. The second-order valence-corrected chi connectivity index (χ2v) is 6.74. The number of halogens is 1. The fourth-order valence-electron chi connectivity index (χ4n) is 2.86. The Labute approximate surface area is 141 Å². The van der Waals surface area contributed by atoms with E-state index in [2.05, 4.69) is 10.2 Å². The number of amides is 2. The topological polar surface area (TPSA) is 52.7 Å². The van der Waals surface area contributed by atoms with E-state index >= 15 is 0 Å². The van der Waals surface area contributed by atoms with Crippen molar-refractivity contribution in [1.29, 1.82) is 0 Å². The first-order valence-corrected chi connectivity index (χ1v) is 8.51. The molecule has 2 amide bonds. The van der Waals surface area contributed by atoms with E-state index in [1.54, 1.807) is 24.3 Å². The minimum atomic E-state index is -0.219. The minimum absolute atomic E-state index is 0.0331. The monoisotopic (exact) mass is 335 g/mol. The van der Waals surface area contributed by atoms with Gasteiger partial charge in [-0.3, -0.25) is 14.5 Å². The molecule has 3 rings (SSSR count). The number of nitrogens with zero attached hydrogens (tertiary/aromatic N) is 2. The number of hydrogen-bond acceptors (Lipinski definition) is 3. The second-order valence-electron chi connectivity index (χ2n) is 6.31. The van der Waals surface area contributed by atoms with Gasteiger partial charge >= 0.3 is 0 Å². The molecular formula is C17H22ClN3O2. The quantitative estimate of drug-likeness (QED) is 0.918. The maximum atomic E-state index is 12.4. The molecule has 0 bridgehead atoms. The van der Waals surface area contributed by atoms with Gasteiger partial charge in [0.05, 0.1) is 6.04 Å². The summed E-state index contributed by atoms with van der Waals surface area (Å²) in [6.07, 6.45) is 2.08. The molecule has 1 aliphatic carbocycles. The van der Waals surface area contributed by atoms with Crippen LogP contribution in [0.25, 0.3) is 0 Å². The molecule has 0 radical (unpaired) electrons. The van der Waals surface area contributed by atoms with Crippen LogP contribution < -0.4 is 5.32 Å². The van der Waals surface area contributed by atoms with E-state index in [4.69, 9.17) is 11.6 Å². The lowest BCUT2D eigenvalue weighted by atomic mass is 10.2. The predicted molar refractivity (Wildman–Crippen MR) is 90.4 cm³/mol. The van der Waals surface area contributed by atoms with Crippen LogP contribution in [0.3, 0.4) is 0 Å². The highest BCUT2D eigenvalue weighted by Crippen LogP contribution is 2.31. The largest absolute Gasteiger partial charge is 0.340 e. The molecule has 6 heteroatoms. The Kier molecular flexibility index (Phi) is 4.87. The predicted octanol–water partition coefficient (Wildman–Crippen LogP) is 2.22. The van der Waals surface area contributed by atoms with Crippen molar-refractivity contribution in [3.8, 4) is 0 Å². The van der Waals surface area contributed by atoms with Crippen LogP contribution >= 0.6 is 11.6 Å². The van der Waals surface area contributed by atoms with Gasteiger partial charge < -0.3 is 10.2 Å². The Morgan fingerprint density at radius 2 is 1.74 bits per heavy atom. The number of piperazine rings is 1. The van der Waals surface area contributed by atoms with Crippen molar-refractivity contribution in [3.63, 3.8) is 0 Å². The lowest BCUT2D eigenvalue weighted by Crippen LogP contribution is -2.54.